The third-order valence-corrected chi connectivity index (χ3v) is 2.81. The smallest absolute Gasteiger partial charge is 0.103 e. The van der Waals surface area contributed by atoms with Gasteiger partial charge in [-0.3, -0.25) is 0 Å². The van der Waals surface area contributed by atoms with Crippen molar-refractivity contribution in [2.75, 3.05) is 7.05 Å². The van der Waals surface area contributed by atoms with Gasteiger partial charge >= 0.3 is 0 Å². The third kappa shape index (κ3) is 2.74. The highest BCUT2D eigenvalue weighted by Gasteiger charge is 2.09. The molecule has 0 fully saturated rings. The first-order chi connectivity index (χ1) is 7.90. The summed E-state index contributed by atoms with van der Waals surface area (Å²) in [7, 11) is 2.00. The highest BCUT2D eigenvalue weighted by atomic mass is 16.3. The van der Waals surface area contributed by atoms with Crippen molar-refractivity contribution in [1.82, 2.24) is 5.32 Å². The summed E-state index contributed by atoms with van der Waals surface area (Å²) in [6, 6.07) is 14.9. The normalized spacial score (nSPS) is 12.6. The van der Waals surface area contributed by atoms with Gasteiger partial charge in [0, 0.05) is 12.5 Å². The maximum absolute atomic E-state index is 5.34. The van der Waals surface area contributed by atoms with Gasteiger partial charge in [0.25, 0.3) is 0 Å². The Labute approximate surface area is 96.3 Å². The molecule has 0 saturated carbocycles. The van der Waals surface area contributed by atoms with Gasteiger partial charge in [0.2, 0.25) is 0 Å². The molecule has 0 saturated heterocycles. The molecule has 0 spiro atoms. The summed E-state index contributed by atoms with van der Waals surface area (Å²) in [6.45, 7) is 0. The van der Waals surface area contributed by atoms with Gasteiger partial charge in [-0.2, -0.15) is 0 Å². The molecule has 1 N–H and O–H groups in total. The second-order valence-corrected chi connectivity index (χ2v) is 3.87. The van der Waals surface area contributed by atoms with Gasteiger partial charge in [-0.15, -0.1) is 0 Å². The van der Waals surface area contributed by atoms with Crippen LogP contribution >= 0.6 is 0 Å². The van der Waals surface area contributed by atoms with Gasteiger partial charge in [0.05, 0.1) is 6.26 Å². The number of nitrogens with one attached hydrogen (secondary N) is 1. The van der Waals surface area contributed by atoms with E-state index < -0.39 is 0 Å². The third-order valence-electron chi connectivity index (χ3n) is 2.81. The molecule has 2 nitrogen and oxygen atoms in total. The molecular weight excluding hydrogens is 198 g/mol. The van der Waals surface area contributed by atoms with E-state index >= 15 is 0 Å². The second kappa shape index (κ2) is 5.52. The minimum atomic E-state index is 0.395. The van der Waals surface area contributed by atoms with Crippen LogP contribution in [0.3, 0.4) is 0 Å². The Kier molecular flexibility index (Phi) is 3.78. The summed E-state index contributed by atoms with van der Waals surface area (Å²) in [5, 5.41) is 3.34. The Balaban J connectivity index is 1.96. The predicted molar refractivity (Wildman–Crippen MR) is 65.3 cm³/mol. The van der Waals surface area contributed by atoms with E-state index in [4.69, 9.17) is 4.42 Å². The van der Waals surface area contributed by atoms with E-state index in [0.29, 0.717) is 6.04 Å². The van der Waals surface area contributed by atoms with Crippen LogP contribution in [0.25, 0.3) is 0 Å². The molecule has 1 aromatic carbocycles. The molecule has 0 bridgehead atoms. The molecule has 0 aliphatic carbocycles. The van der Waals surface area contributed by atoms with E-state index in [1.54, 1.807) is 6.26 Å². The number of furan rings is 1. The zero-order chi connectivity index (χ0) is 11.2. The van der Waals surface area contributed by atoms with Crippen LogP contribution in [-0.4, -0.2) is 7.05 Å². The molecule has 16 heavy (non-hydrogen) atoms. The lowest BCUT2D eigenvalue weighted by atomic mass is 10.0. The van der Waals surface area contributed by atoms with E-state index in [9.17, 15) is 0 Å². The zero-order valence-electron chi connectivity index (χ0n) is 9.52. The minimum Gasteiger partial charge on any atom is -0.469 e. The van der Waals surface area contributed by atoms with Crippen LogP contribution in [0.5, 0.6) is 0 Å². The summed E-state index contributed by atoms with van der Waals surface area (Å²) in [5.74, 6) is 1.05. The molecule has 0 amide bonds. The van der Waals surface area contributed by atoms with Crippen LogP contribution in [0.2, 0.25) is 0 Å². The van der Waals surface area contributed by atoms with Gasteiger partial charge in [0.15, 0.2) is 0 Å². The Morgan fingerprint density at radius 2 is 1.94 bits per heavy atom. The quantitative estimate of drug-likeness (QED) is 0.828. The molecule has 0 radical (unpaired) electrons. The lowest BCUT2D eigenvalue weighted by Gasteiger charge is -2.15. The molecule has 0 aliphatic heterocycles. The van der Waals surface area contributed by atoms with E-state index in [-0.39, 0.29) is 0 Å². The van der Waals surface area contributed by atoms with Gasteiger partial charge < -0.3 is 9.73 Å². The molecule has 1 heterocycles. The van der Waals surface area contributed by atoms with Crippen LogP contribution in [0.15, 0.2) is 53.1 Å². The van der Waals surface area contributed by atoms with Crippen LogP contribution in [0, 0.1) is 0 Å². The largest absolute Gasteiger partial charge is 0.469 e. The highest BCUT2D eigenvalue weighted by Crippen LogP contribution is 2.18. The average Bonchev–Trinajstić information content (AvgIpc) is 2.84. The summed E-state index contributed by atoms with van der Waals surface area (Å²) >= 11 is 0. The molecule has 1 aromatic heterocycles. The van der Waals surface area contributed by atoms with Gasteiger partial charge in [0.1, 0.15) is 5.76 Å². The summed E-state index contributed by atoms with van der Waals surface area (Å²) in [6.07, 6.45) is 3.74. The van der Waals surface area contributed by atoms with E-state index in [0.717, 1.165) is 18.6 Å². The standard InChI is InChI=1S/C14H17NO/c1-15-14(12-6-3-2-4-7-12)10-9-13-8-5-11-16-13/h2-8,11,14-15H,9-10H2,1H3. The molecule has 2 aromatic rings. The lowest BCUT2D eigenvalue weighted by molar-refractivity contribution is 0.469. The number of hydrogen-bond acceptors (Lipinski definition) is 2. The monoisotopic (exact) mass is 215 g/mol. The maximum Gasteiger partial charge on any atom is 0.103 e. The molecule has 2 rings (SSSR count). The Morgan fingerprint density at radius 1 is 1.12 bits per heavy atom. The fourth-order valence-corrected chi connectivity index (χ4v) is 1.90. The molecule has 1 unspecified atom stereocenters. The highest BCUT2D eigenvalue weighted by molar-refractivity contribution is 5.19. The molecule has 2 heteroatoms. The first-order valence-electron chi connectivity index (χ1n) is 5.65. The Hall–Kier alpha value is -1.54. The van der Waals surface area contributed by atoms with E-state index in [1.165, 1.54) is 5.56 Å². The fraction of sp³-hybridized carbons (Fsp3) is 0.286. The number of benzene rings is 1. The Morgan fingerprint density at radius 3 is 2.56 bits per heavy atom. The van der Waals surface area contributed by atoms with Gasteiger partial charge in [-0.25, -0.2) is 0 Å². The van der Waals surface area contributed by atoms with Crippen molar-refractivity contribution >= 4 is 0 Å². The molecule has 84 valence electrons. The van der Waals surface area contributed by atoms with Crippen LogP contribution in [0.4, 0.5) is 0 Å². The van der Waals surface area contributed by atoms with Crippen LogP contribution < -0.4 is 5.32 Å². The van der Waals surface area contributed by atoms with Crippen molar-refractivity contribution in [3.63, 3.8) is 0 Å². The van der Waals surface area contributed by atoms with Crippen molar-refractivity contribution < 1.29 is 4.42 Å². The predicted octanol–water partition coefficient (Wildman–Crippen LogP) is 3.17. The molecule has 1 atom stereocenters. The van der Waals surface area contributed by atoms with E-state index in [1.807, 2.05) is 25.2 Å². The summed E-state index contributed by atoms with van der Waals surface area (Å²) < 4.78 is 5.34. The van der Waals surface area contributed by atoms with Gasteiger partial charge in [-0.05, 0) is 31.2 Å². The second-order valence-electron chi connectivity index (χ2n) is 3.87. The minimum absolute atomic E-state index is 0.395. The number of rotatable bonds is 5. The Bertz CT molecular complexity index is 394. The van der Waals surface area contributed by atoms with Crippen molar-refractivity contribution in [1.29, 1.82) is 0 Å². The SMILES string of the molecule is CNC(CCc1ccco1)c1ccccc1. The zero-order valence-corrected chi connectivity index (χ0v) is 9.52. The van der Waals surface area contributed by atoms with Crippen molar-refractivity contribution in [2.24, 2.45) is 0 Å². The number of hydrogen-bond donors (Lipinski definition) is 1. The topological polar surface area (TPSA) is 25.2 Å². The van der Waals surface area contributed by atoms with Crippen LogP contribution in [0.1, 0.15) is 23.8 Å². The summed E-state index contributed by atoms with van der Waals surface area (Å²) in [5.41, 5.74) is 1.33. The lowest BCUT2D eigenvalue weighted by Crippen LogP contribution is -2.16. The van der Waals surface area contributed by atoms with Crippen LogP contribution in [-0.2, 0) is 6.42 Å². The van der Waals surface area contributed by atoms with E-state index in [2.05, 4.69) is 29.6 Å². The fourth-order valence-electron chi connectivity index (χ4n) is 1.90. The average molecular weight is 215 g/mol. The van der Waals surface area contributed by atoms with Crippen molar-refractivity contribution in [3.8, 4) is 0 Å². The van der Waals surface area contributed by atoms with Crippen molar-refractivity contribution in [2.45, 2.75) is 18.9 Å². The summed E-state index contributed by atoms with van der Waals surface area (Å²) in [4.78, 5) is 0. The molecular formula is C14H17NO. The number of aryl methyl sites for hydroxylation is 1. The van der Waals surface area contributed by atoms with Gasteiger partial charge in [-0.1, -0.05) is 30.3 Å². The first-order valence-corrected chi connectivity index (χ1v) is 5.65. The van der Waals surface area contributed by atoms with Crippen molar-refractivity contribution in [3.05, 3.63) is 60.1 Å². The maximum atomic E-state index is 5.34. The first kappa shape index (κ1) is 11.0. The molecule has 0 aliphatic rings.